The summed E-state index contributed by atoms with van der Waals surface area (Å²) in [5.74, 6) is 0. The summed E-state index contributed by atoms with van der Waals surface area (Å²) in [5, 5.41) is 6.84. The molecule has 1 aliphatic heterocycles. The van der Waals surface area contributed by atoms with E-state index >= 15 is 0 Å². The van der Waals surface area contributed by atoms with Crippen molar-refractivity contribution in [3.05, 3.63) is 21.9 Å². The zero-order chi connectivity index (χ0) is 10.3. The lowest BCUT2D eigenvalue weighted by molar-refractivity contribution is 0.398. The monoisotopic (exact) mass is 239 g/mol. The van der Waals surface area contributed by atoms with Crippen LogP contribution in [0.5, 0.6) is 0 Å². The standard InChI is InChI=1S/C12H17NS2/c1-9-4-7-13-12(15-9)6-2-3-11-10(12)5-8-14-11/h5,8-9,13H,2-4,6-7H2,1H3. The molecule has 15 heavy (non-hydrogen) atoms. The van der Waals surface area contributed by atoms with E-state index in [1.807, 2.05) is 11.3 Å². The molecule has 1 aromatic heterocycles. The summed E-state index contributed by atoms with van der Waals surface area (Å²) in [6.07, 6.45) is 5.27. The summed E-state index contributed by atoms with van der Waals surface area (Å²) in [6.45, 7) is 3.55. The summed E-state index contributed by atoms with van der Waals surface area (Å²) in [5.41, 5.74) is 1.59. The van der Waals surface area contributed by atoms with Gasteiger partial charge in [0.25, 0.3) is 0 Å². The van der Waals surface area contributed by atoms with Gasteiger partial charge in [-0.05, 0) is 49.2 Å². The molecule has 1 nitrogen and oxygen atoms in total. The molecule has 0 bridgehead atoms. The molecule has 2 atom stereocenters. The minimum atomic E-state index is 0.269. The van der Waals surface area contributed by atoms with Gasteiger partial charge in [-0.25, -0.2) is 0 Å². The van der Waals surface area contributed by atoms with Gasteiger partial charge in [0.05, 0.1) is 4.87 Å². The van der Waals surface area contributed by atoms with Crippen LogP contribution in [0.15, 0.2) is 11.4 Å². The van der Waals surface area contributed by atoms with Gasteiger partial charge in [-0.15, -0.1) is 23.1 Å². The summed E-state index contributed by atoms with van der Waals surface area (Å²) in [4.78, 5) is 1.89. The van der Waals surface area contributed by atoms with Gasteiger partial charge in [-0.1, -0.05) is 6.92 Å². The maximum absolute atomic E-state index is 3.78. The fourth-order valence-corrected chi connectivity index (χ4v) is 5.51. The molecule has 82 valence electrons. The van der Waals surface area contributed by atoms with Gasteiger partial charge in [0, 0.05) is 10.1 Å². The molecule has 1 aliphatic carbocycles. The van der Waals surface area contributed by atoms with Gasteiger partial charge >= 0.3 is 0 Å². The highest BCUT2D eigenvalue weighted by atomic mass is 32.2. The van der Waals surface area contributed by atoms with Crippen molar-refractivity contribution in [3.8, 4) is 0 Å². The predicted octanol–water partition coefficient (Wildman–Crippen LogP) is 3.35. The number of fused-ring (bicyclic) bond motifs is 2. The average Bonchev–Trinajstić information content (AvgIpc) is 2.67. The van der Waals surface area contributed by atoms with Crippen molar-refractivity contribution in [3.63, 3.8) is 0 Å². The summed E-state index contributed by atoms with van der Waals surface area (Å²) < 4.78 is 0. The number of nitrogens with one attached hydrogen (secondary N) is 1. The first-order valence-corrected chi connectivity index (χ1v) is 7.56. The van der Waals surface area contributed by atoms with Crippen LogP contribution in [0.4, 0.5) is 0 Å². The molecule has 1 saturated heterocycles. The van der Waals surface area contributed by atoms with Crippen LogP contribution >= 0.6 is 23.1 Å². The quantitative estimate of drug-likeness (QED) is 0.745. The average molecular weight is 239 g/mol. The number of thiophene rings is 1. The number of rotatable bonds is 0. The third-order valence-corrected chi connectivity index (χ3v) is 6.07. The Bertz CT molecular complexity index is 360. The summed E-state index contributed by atoms with van der Waals surface area (Å²) in [6, 6.07) is 2.34. The second kappa shape index (κ2) is 3.79. The van der Waals surface area contributed by atoms with Gasteiger partial charge in [0.1, 0.15) is 0 Å². The van der Waals surface area contributed by atoms with E-state index in [1.54, 1.807) is 10.4 Å². The number of hydrogen-bond donors (Lipinski definition) is 1. The molecule has 3 rings (SSSR count). The van der Waals surface area contributed by atoms with Crippen molar-refractivity contribution in [1.29, 1.82) is 0 Å². The third kappa shape index (κ3) is 1.65. The van der Waals surface area contributed by atoms with E-state index in [0.29, 0.717) is 0 Å². The maximum atomic E-state index is 3.78. The summed E-state index contributed by atoms with van der Waals surface area (Å²) in [7, 11) is 0. The highest BCUT2D eigenvalue weighted by molar-refractivity contribution is 8.00. The molecule has 2 heterocycles. The molecule has 0 aromatic carbocycles. The molecular formula is C12H17NS2. The molecule has 3 heteroatoms. The van der Waals surface area contributed by atoms with E-state index in [2.05, 4.69) is 35.4 Å². The Morgan fingerprint density at radius 3 is 3.33 bits per heavy atom. The van der Waals surface area contributed by atoms with Crippen molar-refractivity contribution in [2.75, 3.05) is 6.54 Å². The van der Waals surface area contributed by atoms with E-state index in [9.17, 15) is 0 Å². The molecule has 0 saturated carbocycles. The van der Waals surface area contributed by atoms with Gasteiger partial charge in [0.15, 0.2) is 0 Å². The first-order valence-electron chi connectivity index (χ1n) is 5.80. The second-order valence-electron chi connectivity index (χ2n) is 4.58. The minimum absolute atomic E-state index is 0.269. The highest BCUT2D eigenvalue weighted by Gasteiger charge is 2.40. The van der Waals surface area contributed by atoms with Crippen LogP contribution in [0.3, 0.4) is 0 Å². The Morgan fingerprint density at radius 2 is 2.47 bits per heavy atom. The van der Waals surface area contributed by atoms with Gasteiger partial charge in [-0.2, -0.15) is 0 Å². The topological polar surface area (TPSA) is 12.0 Å². The van der Waals surface area contributed by atoms with E-state index in [1.165, 1.54) is 32.2 Å². The van der Waals surface area contributed by atoms with Gasteiger partial charge in [-0.3, -0.25) is 5.32 Å². The Labute approximate surface area is 99.7 Å². The minimum Gasteiger partial charge on any atom is -0.299 e. The van der Waals surface area contributed by atoms with Crippen LogP contribution in [0.25, 0.3) is 0 Å². The largest absolute Gasteiger partial charge is 0.299 e. The van der Waals surface area contributed by atoms with E-state index < -0.39 is 0 Å². The van der Waals surface area contributed by atoms with Crippen molar-refractivity contribution < 1.29 is 0 Å². The molecule has 1 fully saturated rings. The third-order valence-electron chi connectivity index (χ3n) is 3.48. The van der Waals surface area contributed by atoms with Crippen LogP contribution in [-0.2, 0) is 11.3 Å². The molecule has 0 amide bonds. The van der Waals surface area contributed by atoms with Crippen LogP contribution in [0, 0.1) is 0 Å². The maximum Gasteiger partial charge on any atom is 0.0914 e. The Kier molecular flexibility index (Phi) is 2.57. The van der Waals surface area contributed by atoms with E-state index in [0.717, 1.165) is 5.25 Å². The Balaban J connectivity index is 1.99. The Morgan fingerprint density at radius 1 is 1.53 bits per heavy atom. The molecule has 2 unspecified atom stereocenters. The zero-order valence-corrected chi connectivity index (χ0v) is 10.7. The van der Waals surface area contributed by atoms with Crippen LogP contribution in [0.2, 0.25) is 0 Å². The normalized spacial score (nSPS) is 35.4. The highest BCUT2D eigenvalue weighted by Crippen LogP contribution is 2.49. The first-order chi connectivity index (χ1) is 7.30. The Hall–Kier alpha value is 0.01000. The lowest BCUT2D eigenvalue weighted by Crippen LogP contribution is -2.47. The molecule has 2 aliphatic rings. The molecule has 1 aromatic rings. The molecular weight excluding hydrogens is 222 g/mol. The predicted molar refractivity (Wildman–Crippen MR) is 68.6 cm³/mol. The lowest BCUT2D eigenvalue weighted by Gasteiger charge is -2.43. The van der Waals surface area contributed by atoms with Crippen molar-refractivity contribution in [2.45, 2.75) is 42.7 Å². The van der Waals surface area contributed by atoms with Gasteiger partial charge in [0.2, 0.25) is 0 Å². The van der Waals surface area contributed by atoms with Crippen LogP contribution in [0.1, 0.15) is 36.6 Å². The van der Waals surface area contributed by atoms with Crippen LogP contribution < -0.4 is 5.32 Å². The second-order valence-corrected chi connectivity index (χ2v) is 7.32. The SMILES string of the molecule is CC1CCNC2(CCCc3sccc32)S1. The van der Waals surface area contributed by atoms with Crippen molar-refractivity contribution in [2.24, 2.45) is 0 Å². The van der Waals surface area contributed by atoms with Gasteiger partial charge < -0.3 is 0 Å². The fraction of sp³-hybridized carbons (Fsp3) is 0.667. The van der Waals surface area contributed by atoms with E-state index in [4.69, 9.17) is 0 Å². The zero-order valence-electron chi connectivity index (χ0n) is 9.08. The fourth-order valence-electron chi connectivity index (χ4n) is 2.75. The molecule has 0 radical (unpaired) electrons. The number of thioether (sulfide) groups is 1. The lowest BCUT2D eigenvalue weighted by atomic mass is 9.93. The molecule has 1 N–H and O–H groups in total. The van der Waals surface area contributed by atoms with Crippen molar-refractivity contribution >= 4 is 23.1 Å². The smallest absolute Gasteiger partial charge is 0.0914 e. The molecule has 1 spiro atoms. The number of aryl methyl sites for hydroxylation is 1. The van der Waals surface area contributed by atoms with E-state index in [-0.39, 0.29) is 4.87 Å². The number of hydrogen-bond acceptors (Lipinski definition) is 3. The summed E-state index contributed by atoms with van der Waals surface area (Å²) >= 11 is 4.09. The van der Waals surface area contributed by atoms with Crippen molar-refractivity contribution in [1.82, 2.24) is 5.32 Å². The van der Waals surface area contributed by atoms with Crippen LogP contribution in [-0.4, -0.2) is 11.8 Å². The first kappa shape index (κ1) is 10.2.